The van der Waals surface area contributed by atoms with Gasteiger partial charge in [0.2, 0.25) is 0 Å². The summed E-state index contributed by atoms with van der Waals surface area (Å²) in [7, 11) is 0. The molecule has 0 aliphatic rings. The van der Waals surface area contributed by atoms with Crippen LogP contribution in [0.25, 0.3) is 10.6 Å². The Hall–Kier alpha value is -1.34. The van der Waals surface area contributed by atoms with Crippen molar-refractivity contribution < 1.29 is 9.53 Å². The van der Waals surface area contributed by atoms with Crippen molar-refractivity contribution in [2.45, 2.75) is 19.9 Å². The summed E-state index contributed by atoms with van der Waals surface area (Å²) in [4.78, 5) is 13.0. The van der Waals surface area contributed by atoms with E-state index >= 15 is 0 Å². The number of thiophene rings is 1. The van der Waals surface area contributed by atoms with Gasteiger partial charge in [-0.15, -0.1) is 16.4 Å². The van der Waals surface area contributed by atoms with E-state index < -0.39 is 5.97 Å². The third-order valence-electron chi connectivity index (χ3n) is 2.68. The molecule has 0 aromatic carbocycles. The van der Waals surface area contributed by atoms with Gasteiger partial charge in [-0.25, -0.2) is 9.48 Å². The van der Waals surface area contributed by atoms with E-state index in [2.05, 4.69) is 16.6 Å². The van der Waals surface area contributed by atoms with Crippen LogP contribution in [-0.2, 0) is 11.3 Å². The summed E-state index contributed by atoms with van der Waals surface area (Å²) in [6, 6.07) is 3.92. The summed E-state index contributed by atoms with van der Waals surface area (Å²) in [5, 5.41) is 10.1. The summed E-state index contributed by atoms with van der Waals surface area (Å²) in [5.74, 6) is 0.644. The highest BCUT2D eigenvalue weighted by Crippen LogP contribution is 2.27. The van der Waals surface area contributed by atoms with Crippen LogP contribution in [-0.4, -0.2) is 39.6 Å². The van der Waals surface area contributed by atoms with Crippen molar-refractivity contribution in [3.05, 3.63) is 23.2 Å². The molecule has 2 aromatic rings. The van der Waals surface area contributed by atoms with E-state index in [0.717, 1.165) is 29.3 Å². The zero-order valence-electron chi connectivity index (χ0n) is 11.5. The van der Waals surface area contributed by atoms with Gasteiger partial charge in [0.05, 0.1) is 11.5 Å². The number of thioether (sulfide) groups is 1. The SMILES string of the molecule is CCOC(=O)c1nnn(CCCSC)c1-c1cccs1. The number of hydrogen-bond donors (Lipinski definition) is 0. The Balaban J connectivity index is 2.31. The third kappa shape index (κ3) is 3.40. The van der Waals surface area contributed by atoms with Gasteiger partial charge in [-0.1, -0.05) is 11.3 Å². The highest BCUT2D eigenvalue weighted by atomic mass is 32.2. The number of aromatic nitrogens is 3. The molecule has 0 aliphatic carbocycles. The third-order valence-corrected chi connectivity index (χ3v) is 4.25. The monoisotopic (exact) mass is 311 g/mol. The standard InChI is InChI=1S/C13H17N3O2S2/c1-3-18-13(17)11-12(10-6-4-9-20-10)16(15-14-11)7-5-8-19-2/h4,6,9H,3,5,7-8H2,1-2H3. The molecule has 108 valence electrons. The number of carbonyl (C=O) groups excluding carboxylic acids is 1. The first-order valence-electron chi connectivity index (χ1n) is 6.41. The van der Waals surface area contributed by atoms with Gasteiger partial charge >= 0.3 is 5.97 Å². The lowest BCUT2D eigenvalue weighted by Crippen LogP contribution is -2.08. The molecule has 0 amide bonds. The van der Waals surface area contributed by atoms with Crippen molar-refractivity contribution in [1.29, 1.82) is 0 Å². The number of rotatable bonds is 7. The molecule has 0 spiro atoms. The number of carbonyl (C=O) groups is 1. The Morgan fingerprint density at radius 3 is 3.05 bits per heavy atom. The highest BCUT2D eigenvalue weighted by Gasteiger charge is 2.22. The molecule has 2 rings (SSSR count). The Morgan fingerprint density at radius 2 is 2.40 bits per heavy atom. The van der Waals surface area contributed by atoms with E-state index in [1.165, 1.54) is 0 Å². The smallest absolute Gasteiger partial charge is 0.361 e. The predicted octanol–water partition coefficient (Wildman–Crippen LogP) is 2.94. The number of esters is 1. The average Bonchev–Trinajstić information content (AvgIpc) is 3.07. The molecule has 0 unspecified atom stereocenters. The molecule has 0 radical (unpaired) electrons. The Labute approximate surface area is 126 Å². The maximum Gasteiger partial charge on any atom is 0.361 e. The summed E-state index contributed by atoms with van der Waals surface area (Å²) >= 11 is 3.36. The molecule has 0 fully saturated rings. The molecule has 0 aliphatic heterocycles. The largest absolute Gasteiger partial charge is 0.461 e. The summed E-state index contributed by atoms with van der Waals surface area (Å²) in [6.45, 7) is 2.87. The normalized spacial score (nSPS) is 10.7. The van der Waals surface area contributed by atoms with Crippen LogP contribution in [0.1, 0.15) is 23.8 Å². The number of nitrogens with zero attached hydrogens (tertiary/aromatic N) is 3. The molecule has 5 nitrogen and oxygen atoms in total. The number of aryl methyl sites for hydroxylation is 1. The van der Waals surface area contributed by atoms with Gasteiger partial charge in [-0.3, -0.25) is 0 Å². The molecule has 0 bridgehead atoms. The number of hydrogen-bond acceptors (Lipinski definition) is 6. The van der Waals surface area contributed by atoms with E-state index in [-0.39, 0.29) is 0 Å². The van der Waals surface area contributed by atoms with Crippen LogP contribution in [0.3, 0.4) is 0 Å². The van der Waals surface area contributed by atoms with Crippen LogP contribution in [0.2, 0.25) is 0 Å². The molecule has 2 heterocycles. The first-order chi connectivity index (χ1) is 9.77. The summed E-state index contributed by atoms with van der Waals surface area (Å²) in [6.07, 6.45) is 3.07. The Morgan fingerprint density at radius 1 is 1.55 bits per heavy atom. The van der Waals surface area contributed by atoms with E-state index in [1.54, 1.807) is 34.7 Å². The van der Waals surface area contributed by atoms with Crippen LogP contribution in [0.4, 0.5) is 0 Å². The lowest BCUT2D eigenvalue weighted by atomic mass is 10.2. The maximum atomic E-state index is 12.0. The zero-order valence-corrected chi connectivity index (χ0v) is 13.2. The second-order valence-electron chi connectivity index (χ2n) is 4.05. The molecule has 2 aromatic heterocycles. The van der Waals surface area contributed by atoms with Gasteiger partial charge in [0.25, 0.3) is 0 Å². The van der Waals surface area contributed by atoms with Crippen molar-refractivity contribution in [3.8, 4) is 10.6 Å². The lowest BCUT2D eigenvalue weighted by Gasteiger charge is -2.05. The van der Waals surface area contributed by atoms with Crippen LogP contribution in [0.15, 0.2) is 17.5 Å². The van der Waals surface area contributed by atoms with Gasteiger partial charge in [0, 0.05) is 6.54 Å². The summed E-state index contributed by atoms with van der Waals surface area (Å²) in [5.41, 5.74) is 1.07. The minimum atomic E-state index is -0.410. The molecule has 20 heavy (non-hydrogen) atoms. The maximum absolute atomic E-state index is 12.0. The molecule has 0 N–H and O–H groups in total. The first kappa shape index (κ1) is 15.1. The van der Waals surface area contributed by atoms with E-state index in [9.17, 15) is 4.79 Å². The molecular formula is C13H17N3O2S2. The van der Waals surface area contributed by atoms with Crippen LogP contribution in [0.5, 0.6) is 0 Å². The minimum Gasteiger partial charge on any atom is -0.461 e. The topological polar surface area (TPSA) is 57.0 Å². The molecule has 0 saturated carbocycles. The first-order valence-corrected chi connectivity index (χ1v) is 8.68. The second kappa shape index (κ2) is 7.44. The molecule has 0 atom stereocenters. The Bertz CT molecular complexity index is 552. The minimum absolute atomic E-state index is 0.304. The quantitative estimate of drug-likeness (QED) is 0.581. The van der Waals surface area contributed by atoms with Crippen LogP contribution < -0.4 is 0 Å². The average molecular weight is 311 g/mol. The Kier molecular flexibility index (Phi) is 5.60. The summed E-state index contributed by atoms with van der Waals surface area (Å²) < 4.78 is 6.85. The van der Waals surface area contributed by atoms with Crippen molar-refractivity contribution in [2.24, 2.45) is 0 Å². The lowest BCUT2D eigenvalue weighted by molar-refractivity contribution is 0.0520. The van der Waals surface area contributed by atoms with Gasteiger partial charge in [-0.05, 0) is 36.8 Å². The van der Waals surface area contributed by atoms with Crippen molar-refractivity contribution in [3.63, 3.8) is 0 Å². The molecular weight excluding hydrogens is 294 g/mol. The molecule has 0 saturated heterocycles. The zero-order chi connectivity index (χ0) is 14.4. The fourth-order valence-electron chi connectivity index (χ4n) is 1.82. The predicted molar refractivity (Wildman–Crippen MR) is 82.3 cm³/mol. The van der Waals surface area contributed by atoms with Crippen molar-refractivity contribution >= 4 is 29.1 Å². The van der Waals surface area contributed by atoms with Crippen molar-refractivity contribution in [2.75, 3.05) is 18.6 Å². The highest BCUT2D eigenvalue weighted by molar-refractivity contribution is 7.98. The van der Waals surface area contributed by atoms with Gasteiger partial charge < -0.3 is 4.74 Å². The van der Waals surface area contributed by atoms with E-state index in [4.69, 9.17) is 4.74 Å². The second-order valence-corrected chi connectivity index (χ2v) is 5.99. The fraction of sp³-hybridized carbons (Fsp3) is 0.462. The van der Waals surface area contributed by atoms with Crippen LogP contribution in [0, 0.1) is 0 Å². The number of ether oxygens (including phenoxy) is 1. The molecule has 7 heteroatoms. The fourth-order valence-corrected chi connectivity index (χ4v) is 3.01. The van der Waals surface area contributed by atoms with E-state index in [0.29, 0.717) is 12.3 Å². The van der Waals surface area contributed by atoms with Crippen LogP contribution >= 0.6 is 23.1 Å². The van der Waals surface area contributed by atoms with Crippen molar-refractivity contribution in [1.82, 2.24) is 15.0 Å². The van der Waals surface area contributed by atoms with E-state index in [1.807, 2.05) is 17.5 Å². The van der Waals surface area contributed by atoms with Gasteiger partial charge in [0.15, 0.2) is 5.69 Å². The van der Waals surface area contributed by atoms with Gasteiger partial charge in [0.1, 0.15) is 5.69 Å². The van der Waals surface area contributed by atoms with Gasteiger partial charge in [-0.2, -0.15) is 11.8 Å².